The number of amides is 1. The van der Waals surface area contributed by atoms with Gasteiger partial charge in [0.1, 0.15) is 29.7 Å². The van der Waals surface area contributed by atoms with E-state index >= 15 is 8.78 Å². The number of aromatic nitrogens is 2. The molecular formula is C30H31F5N8O2. The Kier molecular flexibility index (Phi) is 10.2. The van der Waals surface area contributed by atoms with Gasteiger partial charge in [0.15, 0.2) is 5.82 Å². The number of alkyl halides is 3. The molecule has 1 saturated heterocycles. The molecule has 1 aromatic heterocycles. The molecule has 2 aliphatic heterocycles. The molecule has 1 atom stereocenters. The topological polar surface area (TPSA) is 117 Å². The van der Waals surface area contributed by atoms with E-state index in [0.29, 0.717) is 25.5 Å². The molecule has 1 amide bonds. The van der Waals surface area contributed by atoms with Crippen LogP contribution in [0.15, 0.2) is 47.8 Å². The third-order valence-electron chi connectivity index (χ3n) is 7.69. The van der Waals surface area contributed by atoms with Crippen molar-refractivity contribution in [2.24, 2.45) is 0 Å². The van der Waals surface area contributed by atoms with Crippen molar-refractivity contribution >= 4 is 35.0 Å². The first-order valence-electron chi connectivity index (χ1n) is 14.0. The average molecular weight is 631 g/mol. The molecule has 1 aromatic carbocycles. The summed E-state index contributed by atoms with van der Waals surface area (Å²) < 4.78 is 73.7. The quantitative estimate of drug-likeness (QED) is 0.195. The molecule has 1 unspecified atom stereocenters. The molecule has 0 aliphatic carbocycles. The average Bonchev–Trinajstić information content (AvgIpc) is 3.01. The number of nitriles is 1. The van der Waals surface area contributed by atoms with Gasteiger partial charge in [0.25, 0.3) is 5.91 Å². The SMILES string of the molecule is CN/C=C(C(=O)Nc1c(N2CCN(C)C(C)C2)cc(F)c(C2=CCN(c3ccnc(C#N)n3)CC2)c1F)\C(=C/C=O)C(F)(F)F. The minimum Gasteiger partial charge on any atom is -0.393 e. The summed E-state index contributed by atoms with van der Waals surface area (Å²) in [4.78, 5) is 37.9. The molecule has 0 radical (unpaired) electrons. The van der Waals surface area contributed by atoms with Gasteiger partial charge in [-0.25, -0.2) is 18.7 Å². The molecule has 0 saturated carbocycles. The van der Waals surface area contributed by atoms with E-state index in [4.69, 9.17) is 5.26 Å². The molecule has 1 fully saturated rings. The zero-order chi connectivity index (χ0) is 32.9. The smallest absolute Gasteiger partial charge is 0.393 e. The third-order valence-corrected chi connectivity index (χ3v) is 7.69. The summed E-state index contributed by atoms with van der Waals surface area (Å²) in [6.45, 7) is 3.58. The Bertz CT molecular complexity index is 1600. The van der Waals surface area contributed by atoms with Gasteiger partial charge in [-0.3, -0.25) is 9.59 Å². The Morgan fingerprint density at radius 2 is 1.96 bits per heavy atom. The Morgan fingerprint density at radius 1 is 1.20 bits per heavy atom. The number of benzene rings is 1. The number of likely N-dealkylation sites (N-methyl/N-ethyl adjacent to an activating group) is 1. The summed E-state index contributed by atoms with van der Waals surface area (Å²) in [7, 11) is 3.15. The van der Waals surface area contributed by atoms with E-state index in [-0.39, 0.29) is 55.0 Å². The van der Waals surface area contributed by atoms with Gasteiger partial charge in [-0.05, 0) is 38.1 Å². The van der Waals surface area contributed by atoms with Crippen LogP contribution < -0.4 is 20.4 Å². The van der Waals surface area contributed by atoms with Crippen molar-refractivity contribution in [2.75, 3.05) is 61.9 Å². The highest BCUT2D eigenvalue weighted by atomic mass is 19.4. The molecule has 45 heavy (non-hydrogen) atoms. The lowest BCUT2D eigenvalue weighted by atomic mass is 9.96. The largest absolute Gasteiger partial charge is 0.417 e. The van der Waals surface area contributed by atoms with Crippen LogP contribution in [0.3, 0.4) is 0 Å². The van der Waals surface area contributed by atoms with Gasteiger partial charge >= 0.3 is 6.18 Å². The molecule has 2 aliphatic rings. The molecule has 3 heterocycles. The lowest BCUT2D eigenvalue weighted by Crippen LogP contribution is -2.50. The second-order valence-electron chi connectivity index (χ2n) is 10.5. The number of nitrogens with zero attached hydrogens (tertiary/aromatic N) is 6. The van der Waals surface area contributed by atoms with E-state index in [0.717, 1.165) is 12.3 Å². The fourth-order valence-corrected chi connectivity index (χ4v) is 5.22. The maximum atomic E-state index is 16.5. The number of allylic oxidation sites excluding steroid dienone is 1. The van der Waals surface area contributed by atoms with Crippen LogP contribution in [-0.2, 0) is 9.59 Å². The summed E-state index contributed by atoms with van der Waals surface area (Å²) in [6, 6.07) is 4.51. The van der Waals surface area contributed by atoms with Crippen LogP contribution in [-0.4, -0.2) is 86.1 Å². The second kappa shape index (κ2) is 13.9. The van der Waals surface area contributed by atoms with Gasteiger partial charge in [-0.1, -0.05) is 6.08 Å². The van der Waals surface area contributed by atoms with E-state index < -0.39 is 46.1 Å². The summed E-state index contributed by atoms with van der Waals surface area (Å²) in [5.41, 5.74) is -3.15. The number of rotatable bonds is 8. The van der Waals surface area contributed by atoms with Crippen LogP contribution in [0, 0.1) is 23.0 Å². The van der Waals surface area contributed by atoms with E-state index in [2.05, 4.69) is 20.6 Å². The molecule has 2 N–H and O–H groups in total. The first kappa shape index (κ1) is 33.1. The van der Waals surface area contributed by atoms with Crippen molar-refractivity contribution in [2.45, 2.75) is 25.6 Å². The van der Waals surface area contributed by atoms with Gasteiger partial charge in [0, 0.05) is 64.3 Å². The van der Waals surface area contributed by atoms with E-state index in [1.165, 1.54) is 13.2 Å². The Hall–Kier alpha value is -4.84. The zero-order valence-electron chi connectivity index (χ0n) is 24.8. The monoisotopic (exact) mass is 630 g/mol. The molecular weight excluding hydrogens is 599 g/mol. The Balaban J connectivity index is 1.78. The van der Waals surface area contributed by atoms with Crippen LogP contribution >= 0.6 is 0 Å². The molecule has 4 rings (SSSR count). The number of anilines is 3. The van der Waals surface area contributed by atoms with Gasteiger partial charge in [-0.2, -0.15) is 18.4 Å². The predicted molar refractivity (Wildman–Crippen MR) is 158 cm³/mol. The van der Waals surface area contributed by atoms with Crippen LogP contribution in [0.2, 0.25) is 0 Å². The number of hydrogen-bond acceptors (Lipinski definition) is 9. The number of aldehydes is 1. The molecule has 15 heteroatoms. The Labute approximate surface area is 256 Å². The first-order valence-corrected chi connectivity index (χ1v) is 14.0. The number of piperazine rings is 1. The van der Waals surface area contributed by atoms with E-state index in [9.17, 15) is 22.8 Å². The molecule has 238 valence electrons. The van der Waals surface area contributed by atoms with Crippen LogP contribution in [0.5, 0.6) is 0 Å². The number of nitrogens with one attached hydrogen (secondary N) is 2. The fourth-order valence-electron chi connectivity index (χ4n) is 5.22. The minimum atomic E-state index is -5.08. The maximum absolute atomic E-state index is 16.5. The molecule has 0 spiro atoms. The normalized spacial score (nSPS) is 18.3. The van der Waals surface area contributed by atoms with Crippen molar-refractivity contribution in [1.82, 2.24) is 20.2 Å². The third kappa shape index (κ3) is 7.28. The molecule has 2 aromatic rings. The Morgan fingerprint density at radius 3 is 2.56 bits per heavy atom. The van der Waals surface area contributed by atoms with Gasteiger partial charge in [-0.15, -0.1) is 0 Å². The van der Waals surface area contributed by atoms with Crippen molar-refractivity contribution in [3.63, 3.8) is 0 Å². The van der Waals surface area contributed by atoms with Crippen molar-refractivity contribution < 1.29 is 31.5 Å². The lowest BCUT2D eigenvalue weighted by molar-refractivity contribution is -0.115. The van der Waals surface area contributed by atoms with Gasteiger partial charge < -0.3 is 25.3 Å². The summed E-state index contributed by atoms with van der Waals surface area (Å²) in [6.07, 6.45) is -1.06. The standard InChI is InChI=1S/C30H31F5N8O2/c1-18-17-43(12-11-41(18)3)23-14-22(31)26(19-5-9-42(10-6-19)25-4-8-38-24(15-36)39-25)27(32)28(23)40-29(45)20(16-37-2)21(7-13-44)30(33,34)35/h4-5,7-8,13-14,16,18,37H,6,9-12,17H2,1-3H3,(H,40,45)/b20-16+,21-7+. The van der Waals surface area contributed by atoms with Crippen molar-refractivity contribution in [1.29, 1.82) is 5.26 Å². The van der Waals surface area contributed by atoms with Crippen LogP contribution in [0.25, 0.3) is 5.57 Å². The number of carbonyl (C=O) groups is 2. The number of hydrogen-bond donors (Lipinski definition) is 2. The molecule has 0 bridgehead atoms. The van der Waals surface area contributed by atoms with Crippen molar-refractivity contribution in [3.8, 4) is 6.07 Å². The van der Waals surface area contributed by atoms with Crippen molar-refractivity contribution in [3.05, 3.63) is 70.9 Å². The van der Waals surface area contributed by atoms with E-state index in [1.807, 2.05) is 24.9 Å². The fraction of sp³-hybridized carbons (Fsp3) is 0.367. The minimum absolute atomic E-state index is 0.0261. The second-order valence-corrected chi connectivity index (χ2v) is 10.5. The van der Waals surface area contributed by atoms with Gasteiger partial charge in [0.05, 0.1) is 22.4 Å². The maximum Gasteiger partial charge on any atom is 0.417 e. The first-order chi connectivity index (χ1) is 21.4. The zero-order valence-corrected chi connectivity index (χ0v) is 24.8. The lowest BCUT2D eigenvalue weighted by Gasteiger charge is -2.40. The highest BCUT2D eigenvalue weighted by molar-refractivity contribution is 6.09. The number of carbonyl (C=O) groups excluding carboxylic acids is 2. The van der Waals surface area contributed by atoms with Gasteiger partial charge in [0.2, 0.25) is 5.82 Å². The van der Waals surface area contributed by atoms with Crippen LogP contribution in [0.4, 0.5) is 39.1 Å². The molecule has 10 nitrogen and oxygen atoms in total. The van der Waals surface area contributed by atoms with Crippen LogP contribution in [0.1, 0.15) is 24.7 Å². The summed E-state index contributed by atoms with van der Waals surface area (Å²) >= 11 is 0. The van der Waals surface area contributed by atoms with E-state index in [1.54, 1.807) is 21.9 Å². The highest BCUT2D eigenvalue weighted by Gasteiger charge is 2.39. The predicted octanol–water partition coefficient (Wildman–Crippen LogP) is 3.79. The number of halogens is 5. The highest BCUT2D eigenvalue weighted by Crippen LogP contribution is 2.40. The summed E-state index contributed by atoms with van der Waals surface area (Å²) in [5.74, 6) is -2.97. The summed E-state index contributed by atoms with van der Waals surface area (Å²) in [5, 5.41) is 13.7.